The van der Waals surface area contributed by atoms with Crippen LogP contribution in [0.4, 0.5) is 0 Å². The first-order valence-electron chi connectivity index (χ1n) is 12.1. The number of carbonyl (C=O) groups excluding carboxylic acids is 1. The minimum atomic E-state index is -1.54. The molecule has 0 bridgehead atoms. The highest BCUT2D eigenvalue weighted by molar-refractivity contribution is 6.58. The minimum Gasteiger partial charge on any atom is -0.423 e. The monoisotopic (exact) mass is 464 g/mol. The zero-order valence-corrected chi connectivity index (χ0v) is 19.6. The van der Waals surface area contributed by atoms with E-state index in [0.29, 0.717) is 36.6 Å². The maximum atomic E-state index is 13.6. The van der Waals surface area contributed by atoms with Crippen LogP contribution in [0, 0.1) is 0 Å². The molecule has 0 atom stereocenters. The first-order chi connectivity index (χ1) is 17.0. The van der Waals surface area contributed by atoms with Crippen LogP contribution in [-0.2, 0) is 6.54 Å². The summed E-state index contributed by atoms with van der Waals surface area (Å²) in [6.07, 6.45) is 1.85. The molecule has 5 rings (SSSR count). The Kier molecular flexibility index (Phi) is 6.69. The van der Waals surface area contributed by atoms with Crippen LogP contribution in [0.25, 0.3) is 21.9 Å². The molecular weight excluding hydrogens is 435 g/mol. The van der Waals surface area contributed by atoms with Crippen molar-refractivity contribution >= 4 is 29.3 Å². The highest BCUT2D eigenvalue weighted by atomic mass is 16.4. The second-order valence-corrected chi connectivity index (χ2v) is 9.26. The van der Waals surface area contributed by atoms with Gasteiger partial charge in [-0.2, -0.15) is 0 Å². The Labute approximate surface area is 206 Å². The average Bonchev–Trinajstić information content (AvgIpc) is 2.92. The predicted molar refractivity (Wildman–Crippen MR) is 141 cm³/mol. The zero-order chi connectivity index (χ0) is 24.4. The lowest BCUT2D eigenvalue weighted by molar-refractivity contribution is 0.0713. The Hall–Kier alpha value is -3.45. The summed E-state index contributed by atoms with van der Waals surface area (Å²) in [4.78, 5) is 15.5. The molecule has 176 valence electrons. The summed E-state index contributed by atoms with van der Waals surface area (Å²) >= 11 is 0. The lowest BCUT2D eigenvalue weighted by Gasteiger charge is -2.32. The van der Waals surface area contributed by atoms with E-state index in [1.807, 2.05) is 47.4 Å². The number of nitrogens with two attached hydrogens (primary N) is 1. The molecule has 0 aliphatic carbocycles. The van der Waals surface area contributed by atoms with Crippen molar-refractivity contribution in [3.05, 3.63) is 102 Å². The van der Waals surface area contributed by atoms with Gasteiger partial charge in [-0.3, -0.25) is 4.79 Å². The first-order valence-corrected chi connectivity index (χ1v) is 12.1. The molecule has 1 heterocycles. The number of rotatable bonds is 5. The Morgan fingerprint density at radius 1 is 0.914 bits per heavy atom. The van der Waals surface area contributed by atoms with Gasteiger partial charge < -0.3 is 20.7 Å². The van der Waals surface area contributed by atoms with Crippen LogP contribution in [-0.4, -0.2) is 41.1 Å². The lowest BCUT2D eigenvalue weighted by atomic mass is 9.79. The number of hydrogen-bond acceptors (Lipinski definition) is 4. The SMILES string of the molecule is NCc1cccc(C2CCN(C(=O)c3cc(-c4cccc(B(O)O)c4)c4ccccc4c3)CC2)c1. The summed E-state index contributed by atoms with van der Waals surface area (Å²) in [6.45, 7) is 1.96. The number of piperidine rings is 1. The highest BCUT2D eigenvalue weighted by Crippen LogP contribution is 2.32. The average molecular weight is 464 g/mol. The van der Waals surface area contributed by atoms with Gasteiger partial charge in [0.15, 0.2) is 0 Å². The first kappa shape index (κ1) is 23.3. The van der Waals surface area contributed by atoms with Crippen molar-refractivity contribution in [3.63, 3.8) is 0 Å². The molecule has 6 heteroatoms. The van der Waals surface area contributed by atoms with Gasteiger partial charge in [0.1, 0.15) is 0 Å². The van der Waals surface area contributed by atoms with Crippen molar-refractivity contribution < 1.29 is 14.8 Å². The van der Waals surface area contributed by atoms with Crippen LogP contribution in [0.1, 0.15) is 40.2 Å². The van der Waals surface area contributed by atoms with Crippen LogP contribution in [0.3, 0.4) is 0 Å². The standard InChI is InChI=1S/C29H29BN2O3/c31-19-20-5-3-7-22(15-20)21-11-13-32(14-12-21)29(33)25-16-23-6-1-2-10-27(23)28(18-25)24-8-4-9-26(17-24)30(34)35/h1-10,15-18,21,34-35H,11-14,19,31H2. The van der Waals surface area contributed by atoms with Crippen LogP contribution < -0.4 is 11.2 Å². The van der Waals surface area contributed by atoms with E-state index in [1.54, 1.807) is 18.2 Å². The number of carbonyl (C=O) groups is 1. The second kappa shape index (κ2) is 10.0. The largest absolute Gasteiger partial charge is 0.488 e. The van der Waals surface area contributed by atoms with Crippen molar-refractivity contribution in [2.45, 2.75) is 25.3 Å². The van der Waals surface area contributed by atoms with Crippen LogP contribution in [0.2, 0.25) is 0 Å². The van der Waals surface area contributed by atoms with E-state index in [2.05, 4.69) is 24.3 Å². The molecule has 0 unspecified atom stereocenters. The fraction of sp³-hybridized carbons (Fsp3) is 0.207. The lowest BCUT2D eigenvalue weighted by Crippen LogP contribution is -2.38. The summed E-state index contributed by atoms with van der Waals surface area (Å²) in [6, 6.07) is 27.5. The second-order valence-electron chi connectivity index (χ2n) is 9.26. The quantitative estimate of drug-likeness (QED) is 0.394. The fourth-order valence-corrected chi connectivity index (χ4v) is 5.11. The van der Waals surface area contributed by atoms with Gasteiger partial charge in [0.2, 0.25) is 0 Å². The van der Waals surface area contributed by atoms with E-state index in [4.69, 9.17) is 5.73 Å². The van der Waals surface area contributed by atoms with Crippen molar-refractivity contribution in [1.82, 2.24) is 4.90 Å². The molecule has 0 aromatic heterocycles. The molecule has 1 fully saturated rings. The van der Waals surface area contributed by atoms with E-state index in [0.717, 1.165) is 40.3 Å². The third kappa shape index (κ3) is 4.87. The summed E-state index contributed by atoms with van der Waals surface area (Å²) in [5, 5.41) is 21.3. The number of benzene rings is 4. The van der Waals surface area contributed by atoms with Gasteiger partial charge in [0.25, 0.3) is 5.91 Å². The molecule has 0 radical (unpaired) electrons. The molecule has 1 aliphatic heterocycles. The van der Waals surface area contributed by atoms with E-state index in [-0.39, 0.29) is 5.91 Å². The van der Waals surface area contributed by atoms with Gasteiger partial charge in [0, 0.05) is 25.2 Å². The van der Waals surface area contributed by atoms with Gasteiger partial charge in [0.05, 0.1) is 0 Å². The molecule has 0 spiro atoms. The normalized spacial score (nSPS) is 14.3. The van der Waals surface area contributed by atoms with Gasteiger partial charge in [-0.05, 0) is 69.4 Å². The third-order valence-electron chi connectivity index (χ3n) is 7.04. The minimum absolute atomic E-state index is 0.0320. The van der Waals surface area contributed by atoms with Crippen molar-refractivity contribution in [1.29, 1.82) is 0 Å². The smallest absolute Gasteiger partial charge is 0.423 e. The Balaban J connectivity index is 1.42. The van der Waals surface area contributed by atoms with Gasteiger partial charge in [-0.1, -0.05) is 72.8 Å². The van der Waals surface area contributed by atoms with E-state index >= 15 is 0 Å². The number of amides is 1. The predicted octanol–water partition coefficient (Wildman–Crippen LogP) is 3.67. The van der Waals surface area contributed by atoms with Crippen LogP contribution >= 0.6 is 0 Å². The van der Waals surface area contributed by atoms with Crippen LogP contribution in [0.5, 0.6) is 0 Å². The maximum Gasteiger partial charge on any atom is 0.488 e. The van der Waals surface area contributed by atoms with Crippen molar-refractivity contribution in [2.75, 3.05) is 13.1 Å². The fourth-order valence-electron chi connectivity index (χ4n) is 5.11. The van der Waals surface area contributed by atoms with Crippen molar-refractivity contribution in [2.24, 2.45) is 5.73 Å². The zero-order valence-electron chi connectivity index (χ0n) is 19.6. The summed E-state index contributed by atoms with van der Waals surface area (Å²) < 4.78 is 0. The molecular formula is C29H29BN2O3. The van der Waals surface area contributed by atoms with Gasteiger partial charge in [-0.15, -0.1) is 0 Å². The summed E-state index contributed by atoms with van der Waals surface area (Å²) in [5.41, 5.74) is 11.1. The molecule has 5 nitrogen and oxygen atoms in total. The number of hydrogen-bond donors (Lipinski definition) is 3. The third-order valence-corrected chi connectivity index (χ3v) is 7.04. The topological polar surface area (TPSA) is 86.8 Å². The molecule has 1 saturated heterocycles. The molecule has 4 aromatic carbocycles. The Morgan fingerprint density at radius 2 is 1.69 bits per heavy atom. The molecule has 1 amide bonds. The number of nitrogens with zero attached hydrogens (tertiary/aromatic N) is 1. The maximum absolute atomic E-state index is 13.6. The van der Waals surface area contributed by atoms with E-state index in [9.17, 15) is 14.8 Å². The van der Waals surface area contributed by atoms with E-state index < -0.39 is 7.12 Å². The highest BCUT2D eigenvalue weighted by Gasteiger charge is 2.25. The molecule has 4 aromatic rings. The molecule has 4 N–H and O–H groups in total. The van der Waals surface area contributed by atoms with Gasteiger partial charge in [-0.25, -0.2) is 0 Å². The number of likely N-dealkylation sites (tertiary alicyclic amines) is 1. The van der Waals surface area contributed by atoms with E-state index in [1.165, 1.54) is 5.56 Å². The summed E-state index contributed by atoms with van der Waals surface area (Å²) in [7, 11) is -1.54. The molecule has 0 saturated carbocycles. The van der Waals surface area contributed by atoms with Crippen LogP contribution in [0.15, 0.2) is 84.9 Å². The molecule has 35 heavy (non-hydrogen) atoms. The van der Waals surface area contributed by atoms with Gasteiger partial charge >= 0.3 is 7.12 Å². The Morgan fingerprint density at radius 3 is 2.46 bits per heavy atom. The van der Waals surface area contributed by atoms with Crippen molar-refractivity contribution in [3.8, 4) is 11.1 Å². The number of fused-ring (bicyclic) bond motifs is 1. The summed E-state index contributed by atoms with van der Waals surface area (Å²) in [5.74, 6) is 0.467. The Bertz CT molecular complexity index is 1360. The molecule has 1 aliphatic rings.